The molecule has 5 nitrogen and oxygen atoms in total. The Bertz CT molecular complexity index is 494. The van der Waals surface area contributed by atoms with Gasteiger partial charge in [-0.25, -0.2) is 0 Å². The van der Waals surface area contributed by atoms with E-state index in [1.54, 1.807) is 0 Å². The monoisotopic (exact) mass is 303 g/mol. The first-order valence-corrected chi connectivity index (χ1v) is 8.22. The molecule has 1 aromatic rings. The first kappa shape index (κ1) is 15.5. The highest BCUT2D eigenvalue weighted by atomic mass is 16.5. The smallest absolute Gasteiger partial charge is 0.251 e. The van der Waals surface area contributed by atoms with Gasteiger partial charge in [0.05, 0.1) is 13.2 Å². The maximum atomic E-state index is 12.6. The highest BCUT2D eigenvalue weighted by Crippen LogP contribution is 2.14. The molecule has 2 aliphatic rings. The molecule has 2 aliphatic heterocycles. The van der Waals surface area contributed by atoms with E-state index in [-0.39, 0.29) is 11.9 Å². The van der Waals surface area contributed by atoms with Gasteiger partial charge in [-0.1, -0.05) is 18.2 Å². The summed E-state index contributed by atoms with van der Waals surface area (Å²) in [6, 6.07) is 8.19. The number of nitrogens with zero attached hydrogens (tertiary/aromatic N) is 1. The predicted octanol–water partition coefficient (Wildman–Crippen LogP) is 1.00. The van der Waals surface area contributed by atoms with Crippen LogP contribution in [0.3, 0.4) is 0 Å². The first-order valence-electron chi connectivity index (χ1n) is 8.22. The van der Waals surface area contributed by atoms with Gasteiger partial charge in [-0.2, -0.15) is 0 Å². The lowest BCUT2D eigenvalue weighted by molar-refractivity contribution is 0.0340. The molecule has 2 heterocycles. The predicted molar refractivity (Wildman–Crippen MR) is 85.9 cm³/mol. The Morgan fingerprint density at radius 3 is 2.91 bits per heavy atom. The van der Waals surface area contributed by atoms with Crippen LogP contribution in [0.25, 0.3) is 0 Å². The van der Waals surface area contributed by atoms with Crippen LogP contribution in [-0.4, -0.2) is 56.2 Å². The van der Waals surface area contributed by atoms with Crippen LogP contribution in [0.15, 0.2) is 24.3 Å². The topological polar surface area (TPSA) is 53.6 Å². The lowest BCUT2D eigenvalue weighted by atomic mass is 10.0. The van der Waals surface area contributed by atoms with E-state index in [1.807, 2.05) is 18.2 Å². The van der Waals surface area contributed by atoms with Crippen LogP contribution in [0.1, 0.15) is 28.8 Å². The number of hydrogen-bond acceptors (Lipinski definition) is 4. The van der Waals surface area contributed by atoms with Crippen LogP contribution in [0.4, 0.5) is 0 Å². The van der Waals surface area contributed by atoms with E-state index in [1.165, 1.54) is 0 Å². The maximum absolute atomic E-state index is 12.6. The average molecular weight is 303 g/mol. The summed E-state index contributed by atoms with van der Waals surface area (Å²) >= 11 is 0. The van der Waals surface area contributed by atoms with E-state index >= 15 is 0 Å². The number of rotatable bonds is 4. The zero-order valence-electron chi connectivity index (χ0n) is 13.0. The van der Waals surface area contributed by atoms with Crippen molar-refractivity contribution in [1.29, 1.82) is 0 Å². The fraction of sp³-hybridized carbons (Fsp3) is 0.588. The van der Waals surface area contributed by atoms with E-state index in [0.717, 1.165) is 69.9 Å². The van der Waals surface area contributed by atoms with Gasteiger partial charge in [0, 0.05) is 37.8 Å². The number of amides is 1. The fourth-order valence-corrected chi connectivity index (χ4v) is 3.12. The minimum absolute atomic E-state index is 0.0533. The molecule has 1 aromatic carbocycles. The summed E-state index contributed by atoms with van der Waals surface area (Å²) < 4.78 is 5.39. The van der Waals surface area contributed by atoms with Gasteiger partial charge in [-0.3, -0.25) is 9.69 Å². The van der Waals surface area contributed by atoms with E-state index in [9.17, 15) is 4.79 Å². The quantitative estimate of drug-likeness (QED) is 0.871. The lowest BCUT2D eigenvalue weighted by Gasteiger charge is -2.28. The summed E-state index contributed by atoms with van der Waals surface area (Å²) in [4.78, 5) is 14.9. The molecule has 120 valence electrons. The fourth-order valence-electron chi connectivity index (χ4n) is 3.12. The minimum Gasteiger partial charge on any atom is -0.379 e. The molecule has 0 saturated carbocycles. The van der Waals surface area contributed by atoms with Crippen molar-refractivity contribution in [2.75, 3.05) is 39.4 Å². The van der Waals surface area contributed by atoms with Crippen molar-refractivity contribution in [1.82, 2.24) is 15.5 Å². The van der Waals surface area contributed by atoms with Gasteiger partial charge >= 0.3 is 0 Å². The minimum atomic E-state index is 0.0533. The standard InChI is InChI=1S/C17H25N3O2/c21-17(19-15-5-3-7-18-12-15)16-6-2-1-4-14(16)13-20-8-10-22-11-9-20/h1-2,4,6,15,18H,3,5,7-13H2,(H,19,21)/t15-/m0/s1. The van der Waals surface area contributed by atoms with Gasteiger partial charge in [0.1, 0.15) is 0 Å². The van der Waals surface area contributed by atoms with Crippen molar-refractivity contribution in [2.24, 2.45) is 0 Å². The Kier molecular flexibility index (Phi) is 5.43. The zero-order valence-corrected chi connectivity index (χ0v) is 13.0. The highest BCUT2D eigenvalue weighted by Gasteiger charge is 2.19. The summed E-state index contributed by atoms with van der Waals surface area (Å²) in [5.74, 6) is 0.0533. The summed E-state index contributed by atoms with van der Waals surface area (Å²) in [5, 5.41) is 6.50. The summed E-state index contributed by atoms with van der Waals surface area (Å²) in [6.45, 7) is 6.17. The third-order valence-corrected chi connectivity index (χ3v) is 4.39. The number of benzene rings is 1. The van der Waals surface area contributed by atoms with Gasteiger partial charge in [0.15, 0.2) is 0 Å². The molecule has 5 heteroatoms. The number of carbonyl (C=O) groups is 1. The second-order valence-electron chi connectivity index (χ2n) is 6.06. The van der Waals surface area contributed by atoms with Crippen molar-refractivity contribution in [3.63, 3.8) is 0 Å². The second-order valence-corrected chi connectivity index (χ2v) is 6.06. The van der Waals surface area contributed by atoms with Crippen molar-refractivity contribution >= 4 is 5.91 Å². The first-order chi connectivity index (χ1) is 10.8. The van der Waals surface area contributed by atoms with Crippen molar-refractivity contribution < 1.29 is 9.53 Å². The molecule has 0 radical (unpaired) electrons. The zero-order chi connectivity index (χ0) is 15.2. The second kappa shape index (κ2) is 7.72. The van der Waals surface area contributed by atoms with Gasteiger partial charge in [-0.15, -0.1) is 0 Å². The molecule has 22 heavy (non-hydrogen) atoms. The van der Waals surface area contributed by atoms with Crippen LogP contribution < -0.4 is 10.6 Å². The number of nitrogens with one attached hydrogen (secondary N) is 2. The molecule has 0 spiro atoms. The molecule has 3 rings (SSSR count). The molecule has 1 atom stereocenters. The summed E-state index contributed by atoms with van der Waals surface area (Å²) in [7, 11) is 0. The van der Waals surface area contributed by atoms with Crippen LogP contribution in [0, 0.1) is 0 Å². The van der Waals surface area contributed by atoms with E-state index in [0.29, 0.717) is 0 Å². The molecule has 0 aromatic heterocycles. The Labute approximate surface area is 132 Å². The molecule has 2 N–H and O–H groups in total. The Hall–Kier alpha value is -1.43. The van der Waals surface area contributed by atoms with Crippen LogP contribution in [0.5, 0.6) is 0 Å². The largest absolute Gasteiger partial charge is 0.379 e. The lowest BCUT2D eigenvalue weighted by Crippen LogP contribution is -2.46. The molecule has 2 saturated heterocycles. The number of hydrogen-bond donors (Lipinski definition) is 2. The van der Waals surface area contributed by atoms with Crippen molar-refractivity contribution in [3.8, 4) is 0 Å². The molecule has 2 fully saturated rings. The molecular formula is C17H25N3O2. The third-order valence-electron chi connectivity index (χ3n) is 4.39. The Morgan fingerprint density at radius 2 is 2.14 bits per heavy atom. The molecule has 1 amide bonds. The van der Waals surface area contributed by atoms with E-state index in [4.69, 9.17) is 4.74 Å². The van der Waals surface area contributed by atoms with Gasteiger partial charge in [0.25, 0.3) is 5.91 Å². The van der Waals surface area contributed by atoms with E-state index in [2.05, 4.69) is 21.6 Å². The Balaban J connectivity index is 1.65. The maximum Gasteiger partial charge on any atom is 0.251 e. The number of ether oxygens (including phenoxy) is 1. The Morgan fingerprint density at radius 1 is 1.32 bits per heavy atom. The van der Waals surface area contributed by atoms with E-state index < -0.39 is 0 Å². The number of carbonyl (C=O) groups excluding carboxylic acids is 1. The van der Waals surface area contributed by atoms with Crippen molar-refractivity contribution in [3.05, 3.63) is 35.4 Å². The average Bonchev–Trinajstić information content (AvgIpc) is 2.57. The molecule has 0 aliphatic carbocycles. The summed E-state index contributed by atoms with van der Waals surface area (Å²) in [6.07, 6.45) is 2.19. The highest BCUT2D eigenvalue weighted by molar-refractivity contribution is 5.95. The van der Waals surface area contributed by atoms with Crippen LogP contribution >= 0.6 is 0 Å². The number of piperidine rings is 1. The van der Waals surface area contributed by atoms with Gasteiger partial charge < -0.3 is 15.4 Å². The summed E-state index contributed by atoms with van der Waals surface area (Å²) in [5.41, 5.74) is 1.91. The van der Waals surface area contributed by atoms with Crippen molar-refractivity contribution in [2.45, 2.75) is 25.4 Å². The van der Waals surface area contributed by atoms with Gasteiger partial charge in [0.2, 0.25) is 0 Å². The van der Waals surface area contributed by atoms with Crippen LogP contribution in [-0.2, 0) is 11.3 Å². The molecular weight excluding hydrogens is 278 g/mol. The van der Waals surface area contributed by atoms with Gasteiger partial charge in [-0.05, 0) is 31.0 Å². The van der Waals surface area contributed by atoms with Crippen LogP contribution in [0.2, 0.25) is 0 Å². The number of morpholine rings is 1. The molecule has 0 unspecified atom stereocenters. The molecule has 0 bridgehead atoms. The third kappa shape index (κ3) is 4.06. The SMILES string of the molecule is O=C(N[C@H]1CCCNC1)c1ccccc1CN1CCOCC1. The normalized spacial score (nSPS) is 23.2.